The molecule has 1 aromatic rings. The van der Waals surface area contributed by atoms with Crippen molar-refractivity contribution < 1.29 is 14.7 Å². The molecule has 88 valence electrons. The minimum Gasteiger partial charge on any atom is -0.476 e. The fraction of sp³-hybridized carbons (Fsp3) is 0.500. The van der Waals surface area contributed by atoms with Crippen LogP contribution in [-0.2, 0) is 11.3 Å². The lowest BCUT2D eigenvalue weighted by Crippen LogP contribution is -2.27. The van der Waals surface area contributed by atoms with Crippen molar-refractivity contribution in [1.29, 1.82) is 0 Å². The summed E-state index contributed by atoms with van der Waals surface area (Å²) in [7, 11) is 0. The Labute approximate surface area is 97.5 Å². The molecule has 0 aromatic carbocycles. The van der Waals surface area contributed by atoms with Crippen LogP contribution in [-0.4, -0.2) is 22.0 Å². The van der Waals surface area contributed by atoms with Gasteiger partial charge in [-0.3, -0.25) is 4.79 Å². The Bertz CT molecular complexity index is 412. The lowest BCUT2D eigenvalue weighted by molar-refractivity contribution is -0.124. The highest BCUT2D eigenvalue weighted by atomic mass is 32.1. The van der Waals surface area contributed by atoms with Gasteiger partial charge < -0.3 is 10.4 Å². The van der Waals surface area contributed by atoms with E-state index in [4.69, 9.17) is 5.11 Å². The smallest absolute Gasteiger partial charge is 0.355 e. The number of aromatic nitrogens is 1. The number of carboxylic acid groups (broad SMARTS) is 1. The van der Waals surface area contributed by atoms with E-state index < -0.39 is 5.97 Å². The Morgan fingerprint density at radius 1 is 1.50 bits per heavy atom. The maximum Gasteiger partial charge on any atom is 0.355 e. The summed E-state index contributed by atoms with van der Waals surface area (Å²) in [6.45, 7) is 5.58. The minimum atomic E-state index is -1.03. The van der Waals surface area contributed by atoms with Gasteiger partial charge in [-0.2, -0.15) is 0 Å². The molecule has 0 fully saturated rings. The third-order valence-corrected chi connectivity index (χ3v) is 2.95. The molecule has 0 saturated carbocycles. The van der Waals surface area contributed by atoms with Crippen LogP contribution in [0.15, 0.2) is 0 Å². The van der Waals surface area contributed by atoms with Crippen LogP contribution in [0.2, 0.25) is 0 Å². The number of hydrogen-bond acceptors (Lipinski definition) is 4. The van der Waals surface area contributed by atoms with Gasteiger partial charge in [-0.1, -0.05) is 13.8 Å². The zero-order valence-electron chi connectivity index (χ0n) is 9.40. The molecule has 5 nitrogen and oxygen atoms in total. The average molecular weight is 242 g/mol. The van der Waals surface area contributed by atoms with Gasteiger partial charge in [0.1, 0.15) is 5.01 Å². The third-order valence-electron chi connectivity index (χ3n) is 1.98. The number of thiazole rings is 1. The molecule has 0 aliphatic heterocycles. The van der Waals surface area contributed by atoms with Crippen LogP contribution in [0.5, 0.6) is 0 Å². The summed E-state index contributed by atoms with van der Waals surface area (Å²) in [4.78, 5) is 26.6. The summed E-state index contributed by atoms with van der Waals surface area (Å²) in [5.74, 6) is -1.18. The van der Waals surface area contributed by atoms with Crippen molar-refractivity contribution in [3.05, 3.63) is 15.6 Å². The molecule has 6 heteroatoms. The van der Waals surface area contributed by atoms with Crippen LogP contribution in [0.1, 0.15) is 34.2 Å². The van der Waals surface area contributed by atoms with Crippen molar-refractivity contribution >= 4 is 23.2 Å². The molecular weight excluding hydrogens is 228 g/mol. The number of nitrogens with one attached hydrogen (secondary N) is 1. The number of carboxylic acids is 1. The van der Waals surface area contributed by atoms with Crippen LogP contribution in [0.4, 0.5) is 0 Å². The predicted molar refractivity (Wildman–Crippen MR) is 60.5 cm³/mol. The van der Waals surface area contributed by atoms with Crippen molar-refractivity contribution in [1.82, 2.24) is 10.3 Å². The SMILES string of the molecule is Cc1sc(CNC(=O)C(C)C)nc1C(=O)O. The molecule has 0 spiro atoms. The van der Waals surface area contributed by atoms with Gasteiger partial charge in [0.05, 0.1) is 6.54 Å². The Morgan fingerprint density at radius 3 is 2.56 bits per heavy atom. The second-order valence-electron chi connectivity index (χ2n) is 3.69. The molecule has 0 aliphatic rings. The Hall–Kier alpha value is -1.43. The molecule has 1 heterocycles. The van der Waals surface area contributed by atoms with Gasteiger partial charge in [-0.25, -0.2) is 9.78 Å². The Balaban J connectivity index is 2.65. The summed E-state index contributed by atoms with van der Waals surface area (Å²) < 4.78 is 0. The quantitative estimate of drug-likeness (QED) is 0.837. The van der Waals surface area contributed by atoms with E-state index in [2.05, 4.69) is 10.3 Å². The van der Waals surface area contributed by atoms with E-state index >= 15 is 0 Å². The maximum atomic E-state index is 11.3. The fourth-order valence-electron chi connectivity index (χ4n) is 1.09. The first-order chi connectivity index (χ1) is 7.41. The van der Waals surface area contributed by atoms with Crippen LogP contribution >= 0.6 is 11.3 Å². The minimum absolute atomic E-state index is 0.0651. The number of hydrogen-bond donors (Lipinski definition) is 2. The summed E-state index contributed by atoms with van der Waals surface area (Å²) in [6, 6.07) is 0. The Morgan fingerprint density at radius 2 is 2.12 bits per heavy atom. The van der Waals surface area contributed by atoms with E-state index in [1.165, 1.54) is 11.3 Å². The number of carbonyl (C=O) groups is 2. The summed E-state index contributed by atoms with van der Waals surface area (Å²) in [5.41, 5.74) is 0.0683. The molecule has 1 rings (SSSR count). The fourth-order valence-corrected chi connectivity index (χ4v) is 1.96. The third kappa shape index (κ3) is 3.03. The van der Waals surface area contributed by atoms with Gasteiger partial charge in [0.25, 0.3) is 0 Å². The molecule has 1 aromatic heterocycles. The highest BCUT2D eigenvalue weighted by molar-refractivity contribution is 7.11. The Kier molecular flexibility index (Phi) is 4.00. The lowest BCUT2D eigenvalue weighted by Gasteiger charge is -2.04. The molecule has 1 amide bonds. The largest absolute Gasteiger partial charge is 0.476 e. The van der Waals surface area contributed by atoms with Crippen molar-refractivity contribution in [2.75, 3.05) is 0 Å². The normalized spacial score (nSPS) is 10.5. The summed E-state index contributed by atoms with van der Waals surface area (Å²) >= 11 is 1.29. The predicted octanol–water partition coefficient (Wildman–Crippen LogP) is 1.42. The second kappa shape index (κ2) is 5.07. The number of rotatable bonds is 4. The van der Waals surface area contributed by atoms with Crippen LogP contribution in [0, 0.1) is 12.8 Å². The van der Waals surface area contributed by atoms with E-state index in [1.54, 1.807) is 20.8 Å². The van der Waals surface area contributed by atoms with Gasteiger partial charge in [0, 0.05) is 10.8 Å². The summed E-state index contributed by atoms with van der Waals surface area (Å²) in [5, 5.41) is 12.1. The van der Waals surface area contributed by atoms with E-state index in [1.807, 2.05) is 0 Å². The molecular formula is C10H14N2O3S. The van der Waals surface area contributed by atoms with Crippen LogP contribution < -0.4 is 5.32 Å². The molecule has 0 aliphatic carbocycles. The molecule has 0 atom stereocenters. The van der Waals surface area contributed by atoms with E-state index in [0.717, 1.165) is 0 Å². The monoisotopic (exact) mass is 242 g/mol. The molecule has 0 saturated heterocycles. The zero-order chi connectivity index (χ0) is 12.3. The van der Waals surface area contributed by atoms with Gasteiger partial charge >= 0.3 is 5.97 Å². The van der Waals surface area contributed by atoms with Gasteiger partial charge in [0.2, 0.25) is 5.91 Å². The second-order valence-corrected chi connectivity index (χ2v) is 4.98. The maximum absolute atomic E-state index is 11.3. The molecule has 0 bridgehead atoms. The van der Waals surface area contributed by atoms with Gasteiger partial charge in [0.15, 0.2) is 5.69 Å². The molecule has 2 N–H and O–H groups in total. The zero-order valence-corrected chi connectivity index (χ0v) is 10.2. The van der Waals surface area contributed by atoms with Gasteiger partial charge in [-0.05, 0) is 6.92 Å². The highest BCUT2D eigenvalue weighted by Gasteiger charge is 2.14. The summed E-state index contributed by atoms with van der Waals surface area (Å²) in [6.07, 6.45) is 0. The van der Waals surface area contributed by atoms with Crippen molar-refractivity contribution in [2.45, 2.75) is 27.3 Å². The number of amides is 1. The van der Waals surface area contributed by atoms with Crippen LogP contribution in [0.3, 0.4) is 0 Å². The highest BCUT2D eigenvalue weighted by Crippen LogP contribution is 2.17. The topological polar surface area (TPSA) is 79.3 Å². The number of aromatic carboxylic acids is 1. The molecule has 0 unspecified atom stereocenters. The van der Waals surface area contributed by atoms with E-state index in [0.29, 0.717) is 9.88 Å². The first kappa shape index (κ1) is 12.6. The first-order valence-corrected chi connectivity index (χ1v) is 5.70. The van der Waals surface area contributed by atoms with E-state index in [-0.39, 0.29) is 24.1 Å². The lowest BCUT2D eigenvalue weighted by atomic mass is 10.2. The van der Waals surface area contributed by atoms with E-state index in [9.17, 15) is 9.59 Å². The molecule has 0 radical (unpaired) electrons. The van der Waals surface area contributed by atoms with Crippen molar-refractivity contribution in [2.24, 2.45) is 5.92 Å². The standard InChI is InChI=1S/C10H14N2O3S/c1-5(2)9(13)11-4-7-12-8(10(14)15)6(3)16-7/h5H,4H2,1-3H3,(H,11,13)(H,14,15). The average Bonchev–Trinajstić information content (AvgIpc) is 2.56. The number of aryl methyl sites for hydroxylation is 1. The number of carbonyl (C=O) groups excluding carboxylic acids is 1. The first-order valence-electron chi connectivity index (χ1n) is 4.89. The van der Waals surface area contributed by atoms with Crippen molar-refractivity contribution in [3.8, 4) is 0 Å². The molecule has 16 heavy (non-hydrogen) atoms. The van der Waals surface area contributed by atoms with Crippen LogP contribution in [0.25, 0.3) is 0 Å². The number of nitrogens with zero attached hydrogens (tertiary/aromatic N) is 1. The van der Waals surface area contributed by atoms with Crippen molar-refractivity contribution in [3.63, 3.8) is 0 Å². The van der Waals surface area contributed by atoms with Gasteiger partial charge in [-0.15, -0.1) is 11.3 Å².